The monoisotopic (exact) mass is 262 g/mol. The van der Waals surface area contributed by atoms with Gasteiger partial charge >= 0.3 is 0 Å². The van der Waals surface area contributed by atoms with Crippen LogP contribution in [0.1, 0.15) is 47.0 Å². The summed E-state index contributed by atoms with van der Waals surface area (Å²) in [5.41, 5.74) is -0.696. The van der Waals surface area contributed by atoms with Gasteiger partial charge in [-0.1, -0.05) is 34.1 Å². The van der Waals surface area contributed by atoms with Crippen molar-refractivity contribution in [1.29, 1.82) is 0 Å². The van der Waals surface area contributed by atoms with E-state index in [1.807, 2.05) is 13.8 Å². The Balaban J connectivity index is 4.93. The zero-order valence-corrected chi connectivity index (χ0v) is 12.1. The van der Waals surface area contributed by atoms with Crippen molar-refractivity contribution in [1.82, 2.24) is 0 Å². The topological polar surface area (TPSA) is 80.9 Å². The van der Waals surface area contributed by atoms with Gasteiger partial charge in [0.1, 0.15) is 0 Å². The second kappa shape index (κ2) is 8.10. The molecule has 0 heterocycles. The smallest absolute Gasteiger partial charge is 0.0880 e. The highest BCUT2D eigenvalue weighted by Crippen LogP contribution is 2.39. The maximum atomic E-state index is 10.3. The third-order valence-electron chi connectivity index (χ3n) is 4.01. The molecule has 0 saturated heterocycles. The van der Waals surface area contributed by atoms with E-state index in [9.17, 15) is 15.3 Å². The van der Waals surface area contributed by atoms with Crippen molar-refractivity contribution in [2.45, 2.75) is 59.2 Å². The van der Waals surface area contributed by atoms with E-state index in [1.165, 1.54) is 0 Å². The van der Waals surface area contributed by atoms with E-state index in [0.717, 1.165) is 6.42 Å². The molecule has 0 bridgehead atoms. The Morgan fingerprint density at radius 2 is 1.50 bits per heavy atom. The molecule has 110 valence electrons. The number of aliphatic hydroxyl groups excluding tert-OH is 4. The first-order chi connectivity index (χ1) is 8.31. The molecule has 0 rings (SSSR count). The first kappa shape index (κ1) is 17.8. The van der Waals surface area contributed by atoms with Gasteiger partial charge in [0.2, 0.25) is 0 Å². The summed E-state index contributed by atoms with van der Waals surface area (Å²) in [5.74, 6) is 0.543. The quantitative estimate of drug-likeness (QED) is 0.503. The molecule has 0 fully saturated rings. The van der Waals surface area contributed by atoms with Gasteiger partial charge in [0.15, 0.2) is 0 Å². The maximum Gasteiger partial charge on any atom is 0.0880 e. The Morgan fingerprint density at radius 1 is 0.944 bits per heavy atom. The van der Waals surface area contributed by atoms with Crippen molar-refractivity contribution < 1.29 is 20.4 Å². The summed E-state index contributed by atoms with van der Waals surface area (Å²) in [6.07, 6.45) is -0.299. The number of hydrogen-bond acceptors (Lipinski definition) is 4. The minimum atomic E-state index is -1.01. The van der Waals surface area contributed by atoms with E-state index in [1.54, 1.807) is 0 Å². The average Bonchev–Trinajstić information content (AvgIpc) is 2.29. The molecule has 0 saturated carbocycles. The second-order valence-electron chi connectivity index (χ2n) is 6.00. The highest BCUT2D eigenvalue weighted by atomic mass is 16.3. The molecule has 4 N–H and O–H groups in total. The molecule has 0 aliphatic heterocycles. The number of aliphatic hydroxyl groups is 4. The van der Waals surface area contributed by atoms with Gasteiger partial charge in [-0.25, -0.2) is 0 Å². The minimum Gasteiger partial charge on any atom is -0.396 e. The van der Waals surface area contributed by atoms with Crippen molar-refractivity contribution >= 4 is 0 Å². The first-order valence-corrected chi connectivity index (χ1v) is 6.89. The largest absolute Gasteiger partial charge is 0.396 e. The van der Waals surface area contributed by atoms with Crippen molar-refractivity contribution in [3.8, 4) is 0 Å². The third kappa shape index (κ3) is 4.50. The lowest BCUT2D eigenvalue weighted by Gasteiger charge is -2.42. The first-order valence-electron chi connectivity index (χ1n) is 6.89. The van der Waals surface area contributed by atoms with Crippen molar-refractivity contribution in [2.75, 3.05) is 13.2 Å². The van der Waals surface area contributed by atoms with E-state index in [0.29, 0.717) is 12.3 Å². The molecule has 3 unspecified atom stereocenters. The molecule has 0 aliphatic carbocycles. The van der Waals surface area contributed by atoms with Crippen LogP contribution in [0.3, 0.4) is 0 Å². The summed E-state index contributed by atoms with van der Waals surface area (Å²) in [6.45, 7) is 7.78. The number of rotatable bonds is 9. The van der Waals surface area contributed by atoms with E-state index in [2.05, 4.69) is 13.8 Å². The molecule has 0 amide bonds. The van der Waals surface area contributed by atoms with Crippen LogP contribution in [0.5, 0.6) is 0 Å². The fraction of sp³-hybridized carbons (Fsp3) is 1.00. The van der Waals surface area contributed by atoms with Gasteiger partial charge in [-0.15, -0.1) is 0 Å². The molecule has 0 aromatic rings. The highest BCUT2D eigenvalue weighted by molar-refractivity contribution is 4.92. The molecular weight excluding hydrogens is 232 g/mol. The molecule has 0 aromatic heterocycles. The van der Waals surface area contributed by atoms with Gasteiger partial charge < -0.3 is 20.4 Å². The Morgan fingerprint density at radius 3 is 1.83 bits per heavy atom. The minimum absolute atomic E-state index is 0.0598. The Hall–Kier alpha value is -0.160. The standard InChI is InChI=1S/C14H30O4/c1-10(2)5-7-14(9-16,11(3)4)13(18)12(17)6-8-15/h10-13,15-18H,5-9H2,1-4H3. The fourth-order valence-corrected chi connectivity index (χ4v) is 2.36. The van der Waals surface area contributed by atoms with E-state index in [4.69, 9.17) is 5.11 Å². The maximum absolute atomic E-state index is 10.3. The Bertz CT molecular complexity index is 218. The predicted molar refractivity (Wildman–Crippen MR) is 72.1 cm³/mol. The van der Waals surface area contributed by atoms with Crippen molar-refractivity contribution in [2.24, 2.45) is 17.3 Å². The molecule has 4 nitrogen and oxygen atoms in total. The van der Waals surface area contributed by atoms with Gasteiger partial charge in [-0.2, -0.15) is 0 Å². The second-order valence-corrected chi connectivity index (χ2v) is 6.00. The average molecular weight is 262 g/mol. The molecule has 4 heteroatoms. The van der Waals surface area contributed by atoms with Crippen LogP contribution >= 0.6 is 0 Å². The van der Waals surface area contributed by atoms with Gasteiger partial charge in [-0.3, -0.25) is 0 Å². The van der Waals surface area contributed by atoms with Crippen LogP contribution in [0.4, 0.5) is 0 Å². The van der Waals surface area contributed by atoms with Gasteiger partial charge in [-0.05, 0) is 24.7 Å². The van der Waals surface area contributed by atoms with Crippen molar-refractivity contribution in [3.05, 3.63) is 0 Å². The Labute approximate surface area is 111 Å². The molecule has 3 atom stereocenters. The number of hydrogen-bond donors (Lipinski definition) is 4. The van der Waals surface area contributed by atoms with Crippen LogP contribution in [-0.4, -0.2) is 45.8 Å². The predicted octanol–water partition coefficient (Wildman–Crippen LogP) is 1.16. The molecule has 0 spiro atoms. The van der Waals surface area contributed by atoms with Gasteiger partial charge in [0.25, 0.3) is 0 Å². The lowest BCUT2D eigenvalue weighted by Crippen LogP contribution is -2.49. The summed E-state index contributed by atoms with van der Waals surface area (Å²) in [5, 5.41) is 38.8. The zero-order chi connectivity index (χ0) is 14.3. The lowest BCUT2D eigenvalue weighted by molar-refractivity contribution is -0.119. The summed E-state index contributed by atoms with van der Waals surface area (Å²) in [7, 11) is 0. The Kier molecular flexibility index (Phi) is 8.03. The molecule has 0 radical (unpaired) electrons. The van der Waals surface area contributed by atoms with Crippen LogP contribution in [0, 0.1) is 17.3 Å². The summed E-state index contributed by atoms with van der Waals surface area (Å²) in [6, 6.07) is 0. The van der Waals surface area contributed by atoms with Crippen LogP contribution in [0.25, 0.3) is 0 Å². The van der Waals surface area contributed by atoms with E-state index in [-0.39, 0.29) is 25.6 Å². The van der Waals surface area contributed by atoms with Crippen LogP contribution < -0.4 is 0 Å². The fourth-order valence-electron chi connectivity index (χ4n) is 2.36. The van der Waals surface area contributed by atoms with Gasteiger partial charge in [0, 0.05) is 12.0 Å². The summed E-state index contributed by atoms with van der Waals surface area (Å²) >= 11 is 0. The highest BCUT2D eigenvalue weighted by Gasteiger charge is 2.43. The van der Waals surface area contributed by atoms with Gasteiger partial charge in [0.05, 0.1) is 18.8 Å². The van der Waals surface area contributed by atoms with Crippen molar-refractivity contribution in [3.63, 3.8) is 0 Å². The molecule has 0 aromatic carbocycles. The van der Waals surface area contributed by atoms with Crippen LogP contribution in [-0.2, 0) is 0 Å². The molecular formula is C14H30O4. The summed E-state index contributed by atoms with van der Waals surface area (Å²) in [4.78, 5) is 0. The summed E-state index contributed by atoms with van der Waals surface area (Å²) < 4.78 is 0. The van der Waals surface area contributed by atoms with E-state index >= 15 is 0 Å². The molecule has 0 aliphatic rings. The lowest BCUT2D eigenvalue weighted by atomic mass is 9.67. The SMILES string of the molecule is CC(C)CCC(CO)(C(C)C)C(O)C(O)CCO. The molecule has 18 heavy (non-hydrogen) atoms. The zero-order valence-electron chi connectivity index (χ0n) is 12.1. The normalized spacial score (nSPS) is 19.0. The van der Waals surface area contributed by atoms with Crippen LogP contribution in [0.2, 0.25) is 0 Å². The third-order valence-corrected chi connectivity index (χ3v) is 4.01. The van der Waals surface area contributed by atoms with E-state index < -0.39 is 17.6 Å². The van der Waals surface area contributed by atoms with Crippen LogP contribution in [0.15, 0.2) is 0 Å².